The lowest BCUT2D eigenvalue weighted by Gasteiger charge is -2.33. The van der Waals surface area contributed by atoms with E-state index in [4.69, 9.17) is 0 Å². The summed E-state index contributed by atoms with van der Waals surface area (Å²) in [6, 6.07) is 6.80. The molecule has 1 aromatic rings. The van der Waals surface area contributed by atoms with Crippen molar-refractivity contribution in [1.82, 2.24) is 10.6 Å². The summed E-state index contributed by atoms with van der Waals surface area (Å²) < 4.78 is 0. The molecule has 0 spiro atoms. The minimum absolute atomic E-state index is 0.125. The van der Waals surface area contributed by atoms with Gasteiger partial charge in [-0.3, -0.25) is 9.59 Å². The third kappa shape index (κ3) is 10.9. The van der Waals surface area contributed by atoms with Crippen LogP contribution in [0.5, 0.6) is 0 Å². The van der Waals surface area contributed by atoms with Crippen molar-refractivity contribution in [3.63, 3.8) is 0 Å². The van der Waals surface area contributed by atoms with Crippen molar-refractivity contribution in [2.24, 2.45) is 5.41 Å². The van der Waals surface area contributed by atoms with E-state index in [9.17, 15) is 9.59 Å². The van der Waals surface area contributed by atoms with Crippen LogP contribution in [-0.4, -0.2) is 23.9 Å². The second-order valence-corrected chi connectivity index (χ2v) is 7.52. The Kier molecular flexibility index (Phi) is 12.7. The number of hydrogen-bond donors (Lipinski definition) is 2. The van der Waals surface area contributed by atoms with Gasteiger partial charge >= 0.3 is 0 Å². The molecule has 0 aliphatic carbocycles. The second-order valence-electron chi connectivity index (χ2n) is 7.52. The number of rotatable bonds is 5. The van der Waals surface area contributed by atoms with Gasteiger partial charge in [0.2, 0.25) is 0 Å². The average molecular weight is 365 g/mol. The highest BCUT2D eigenvalue weighted by Crippen LogP contribution is 2.27. The molecule has 1 aromatic carbocycles. The molecule has 4 heteroatoms. The quantitative estimate of drug-likeness (QED) is 0.731. The van der Waals surface area contributed by atoms with Crippen molar-refractivity contribution < 1.29 is 9.59 Å². The maximum Gasteiger partial charge on any atom is 0.251 e. The van der Waals surface area contributed by atoms with Crippen LogP contribution >= 0.6 is 0 Å². The summed E-state index contributed by atoms with van der Waals surface area (Å²) >= 11 is 0. The third-order valence-corrected chi connectivity index (χ3v) is 3.15. The Balaban J connectivity index is 0. The number of hydrogen-bond acceptors (Lipinski definition) is 2. The maximum absolute atomic E-state index is 12.4. The zero-order valence-electron chi connectivity index (χ0n) is 18.5. The van der Waals surface area contributed by atoms with Crippen LogP contribution in [0, 0.1) is 5.41 Å². The first kappa shape index (κ1) is 26.4. The molecule has 0 unspecified atom stereocenters. The number of carbonyl (C=O) groups is 2. The molecule has 1 rings (SSSR count). The summed E-state index contributed by atoms with van der Waals surface area (Å²) in [6.45, 7) is 20.9. The highest BCUT2D eigenvalue weighted by Gasteiger charge is 2.27. The Morgan fingerprint density at radius 2 is 1.35 bits per heavy atom. The van der Waals surface area contributed by atoms with Crippen molar-refractivity contribution >= 4 is 11.8 Å². The smallest absolute Gasteiger partial charge is 0.251 e. The van der Waals surface area contributed by atoms with Gasteiger partial charge in [-0.1, -0.05) is 54.5 Å². The molecule has 0 saturated heterocycles. The van der Waals surface area contributed by atoms with E-state index in [2.05, 4.69) is 31.4 Å². The lowest BCUT2D eigenvalue weighted by Crippen LogP contribution is -2.45. The molecule has 0 bridgehead atoms. The number of amides is 2. The molecule has 0 heterocycles. The van der Waals surface area contributed by atoms with Crippen LogP contribution < -0.4 is 10.6 Å². The van der Waals surface area contributed by atoms with E-state index < -0.39 is 0 Å². The Morgan fingerprint density at radius 3 is 1.77 bits per heavy atom. The van der Waals surface area contributed by atoms with Crippen LogP contribution in [0.25, 0.3) is 0 Å². The fourth-order valence-corrected chi connectivity index (χ4v) is 2.81. The van der Waals surface area contributed by atoms with Gasteiger partial charge in [0.05, 0.1) is 0 Å². The molecule has 0 saturated carbocycles. The first-order chi connectivity index (χ1) is 12.0. The lowest BCUT2D eigenvalue weighted by molar-refractivity contribution is 0.0891. The Hall–Kier alpha value is -1.84. The first-order valence-electron chi connectivity index (χ1n) is 9.75. The van der Waals surface area contributed by atoms with Crippen LogP contribution in [0.3, 0.4) is 0 Å². The molecular formula is C22H40N2O2. The number of carbonyl (C=O) groups excluding carboxylic acids is 2. The van der Waals surface area contributed by atoms with Gasteiger partial charge in [-0.15, -0.1) is 0 Å². The van der Waals surface area contributed by atoms with E-state index in [-0.39, 0.29) is 22.8 Å². The summed E-state index contributed by atoms with van der Waals surface area (Å²) in [5, 5.41) is 5.79. The molecule has 26 heavy (non-hydrogen) atoms. The summed E-state index contributed by atoms with van der Waals surface area (Å²) in [6.07, 6.45) is 0.863. The zero-order valence-corrected chi connectivity index (χ0v) is 18.5. The fraction of sp³-hybridized carbons (Fsp3) is 0.636. The van der Waals surface area contributed by atoms with E-state index in [1.54, 1.807) is 24.3 Å². The largest absolute Gasteiger partial charge is 0.352 e. The molecule has 4 nitrogen and oxygen atoms in total. The maximum atomic E-state index is 12.4. The van der Waals surface area contributed by atoms with Crippen LogP contribution in [0.4, 0.5) is 0 Å². The predicted molar refractivity (Wildman–Crippen MR) is 113 cm³/mol. The topological polar surface area (TPSA) is 58.2 Å². The summed E-state index contributed by atoms with van der Waals surface area (Å²) in [4.78, 5) is 24.3. The highest BCUT2D eigenvalue weighted by molar-refractivity contribution is 5.99. The van der Waals surface area contributed by atoms with Gasteiger partial charge in [-0.05, 0) is 50.8 Å². The zero-order chi connectivity index (χ0) is 21.0. The standard InChI is InChI=1S/C18H28N2O2.2C2H6/c1-7-19-15(21)13-9-8-10-14(11-13)16(22)20-18(5,6)12-17(2,3)4;2*1-2/h8-11H,7,12H2,1-6H3,(H,19,21)(H,20,22);2*1-2H3. The van der Waals surface area contributed by atoms with Crippen molar-refractivity contribution in [3.05, 3.63) is 35.4 Å². The summed E-state index contributed by atoms with van der Waals surface area (Å²) in [5.74, 6) is -0.313. The van der Waals surface area contributed by atoms with E-state index in [1.807, 2.05) is 48.5 Å². The molecule has 150 valence electrons. The van der Waals surface area contributed by atoms with E-state index in [0.717, 1.165) is 6.42 Å². The van der Waals surface area contributed by atoms with Gasteiger partial charge in [-0.2, -0.15) is 0 Å². The van der Waals surface area contributed by atoms with Gasteiger partial charge < -0.3 is 10.6 Å². The first-order valence-corrected chi connectivity index (χ1v) is 9.75. The second kappa shape index (κ2) is 12.5. The van der Waals surface area contributed by atoms with Crippen molar-refractivity contribution in [3.8, 4) is 0 Å². The van der Waals surface area contributed by atoms with Crippen molar-refractivity contribution in [1.29, 1.82) is 0 Å². The van der Waals surface area contributed by atoms with E-state index in [1.165, 1.54) is 0 Å². The van der Waals surface area contributed by atoms with Crippen LogP contribution in [0.15, 0.2) is 24.3 Å². The summed E-state index contributed by atoms with van der Waals surface area (Å²) in [7, 11) is 0. The number of nitrogens with one attached hydrogen (secondary N) is 2. The molecule has 0 fully saturated rings. The molecular weight excluding hydrogens is 324 g/mol. The molecule has 0 aliphatic rings. The highest BCUT2D eigenvalue weighted by atomic mass is 16.2. The molecule has 0 radical (unpaired) electrons. The van der Waals surface area contributed by atoms with E-state index >= 15 is 0 Å². The molecule has 0 aliphatic heterocycles. The molecule has 0 aromatic heterocycles. The van der Waals surface area contributed by atoms with Gasteiger partial charge in [0.1, 0.15) is 0 Å². The van der Waals surface area contributed by atoms with Crippen molar-refractivity contribution in [2.45, 2.75) is 81.2 Å². The fourth-order valence-electron chi connectivity index (χ4n) is 2.81. The minimum atomic E-state index is -0.309. The summed E-state index contributed by atoms with van der Waals surface area (Å²) in [5.41, 5.74) is 0.824. The Bertz CT molecular complexity index is 543. The third-order valence-electron chi connectivity index (χ3n) is 3.15. The van der Waals surface area contributed by atoms with Crippen molar-refractivity contribution in [2.75, 3.05) is 6.54 Å². The predicted octanol–water partition coefficient (Wildman–Crippen LogP) is 5.43. The van der Waals surface area contributed by atoms with Crippen LogP contribution in [0.2, 0.25) is 0 Å². The van der Waals surface area contributed by atoms with Gasteiger partial charge in [0, 0.05) is 23.2 Å². The Morgan fingerprint density at radius 1 is 0.885 bits per heavy atom. The monoisotopic (exact) mass is 364 g/mol. The lowest BCUT2D eigenvalue weighted by atomic mass is 9.81. The van der Waals surface area contributed by atoms with Crippen LogP contribution in [0.1, 0.15) is 96.4 Å². The van der Waals surface area contributed by atoms with Gasteiger partial charge in [-0.25, -0.2) is 0 Å². The average Bonchev–Trinajstić information content (AvgIpc) is 2.56. The molecule has 2 N–H and O–H groups in total. The molecule has 2 amide bonds. The van der Waals surface area contributed by atoms with Gasteiger partial charge in [0.15, 0.2) is 0 Å². The minimum Gasteiger partial charge on any atom is -0.352 e. The SMILES string of the molecule is CC.CC.CCNC(=O)c1cccc(C(=O)NC(C)(C)CC(C)(C)C)c1. The normalized spacial score (nSPS) is 10.5. The molecule has 0 atom stereocenters. The van der Waals surface area contributed by atoms with E-state index in [0.29, 0.717) is 17.7 Å². The number of benzene rings is 1. The van der Waals surface area contributed by atoms with Crippen LogP contribution in [-0.2, 0) is 0 Å². The Labute approximate surface area is 161 Å². The van der Waals surface area contributed by atoms with Gasteiger partial charge in [0.25, 0.3) is 11.8 Å².